The lowest BCUT2D eigenvalue weighted by molar-refractivity contribution is 0.745. The molecule has 1 aromatic heterocycles. The summed E-state index contributed by atoms with van der Waals surface area (Å²) in [6.07, 6.45) is 10.9. The van der Waals surface area contributed by atoms with Crippen molar-refractivity contribution in [2.75, 3.05) is 0 Å². The van der Waals surface area contributed by atoms with Gasteiger partial charge in [-0.05, 0) is 69.8 Å². The third-order valence-corrected chi connectivity index (χ3v) is 6.53. The molecule has 0 atom stereocenters. The monoisotopic (exact) mass is 416 g/mol. The Morgan fingerprint density at radius 2 is 1.50 bits per heavy atom. The molecule has 2 aliphatic heterocycles. The van der Waals surface area contributed by atoms with Crippen LogP contribution in [0.1, 0.15) is 61.9 Å². The molecule has 0 N–H and O–H groups in total. The molecule has 3 heterocycles. The van der Waals surface area contributed by atoms with Crippen molar-refractivity contribution in [3.8, 4) is 0 Å². The first-order valence-corrected chi connectivity index (χ1v) is 11.6. The van der Waals surface area contributed by atoms with Crippen LogP contribution < -0.4 is 10.9 Å². The van der Waals surface area contributed by atoms with E-state index in [0.717, 1.165) is 11.3 Å². The number of pyridine rings is 1. The van der Waals surface area contributed by atoms with E-state index in [4.69, 9.17) is 0 Å². The highest BCUT2D eigenvalue weighted by atomic mass is 15.1. The van der Waals surface area contributed by atoms with Crippen molar-refractivity contribution in [1.82, 2.24) is 9.79 Å². The molecule has 2 nitrogen and oxygen atoms in total. The molecule has 3 aromatic rings. The summed E-state index contributed by atoms with van der Waals surface area (Å²) in [6, 6.07) is 21.8. The van der Waals surface area contributed by atoms with Crippen LogP contribution in [0.2, 0.25) is 0 Å². The van der Waals surface area contributed by atoms with E-state index in [2.05, 4.69) is 117 Å². The predicted octanol–water partition coefficient (Wildman–Crippen LogP) is 5.70. The second kappa shape index (κ2) is 8.31. The van der Waals surface area contributed by atoms with E-state index in [0.29, 0.717) is 11.8 Å². The molecule has 0 radical (unpaired) electrons. The molecule has 2 aromatic carbocycles. The van der Waals surface area contributed by atoms with Gasteiger partial charge in [-0.25, -0.2) is 0 Å². The number of allylic oxidation sites excluding steroid dienone is 3. The maximum absolute atomic E-state index is 4.61. The van der Waals surface area contributed by atoms with Crippen LogP contribution in [0.5, 0.6) is 0 Å². The van der Waals surface area contributed by atoms with E-state index < -0.39 is 0 Å². The number of aromatic nitrogens is 1. The summed E-state index contributed by atoms with van der Waals surface area (Å²) in [4.78, 5) is 7.07. The zero-order valence-electron chi connectivity index (χ0n) is 19.3. The molecule has 2 aliphatic rings. The number of rotatable bonds is 4. The Morgan fingerprint density at radius 3 is 2.19 bits per heavy atom. The van der Waals surface area contributed by atoms with Crippen molar-refractivity contribution in [2.45, 2.75) is 39.5 Å². The normalized spacial score (nSPS) is 14.9. The van der Waals surface area contributed by atoms with Gasteiger partial charge in [-0.1, -0.05) is 76.2 Å². The summed E-state index contributed by atoms with van der Waals surface area (Å²) in [5.74, 6) is 0.898. The van der Waals surface area contributed by atoms with Gasteiger partial charge in [0.05, 0.1) is 5.69 Å². The summed E-state index contributed by atoms with van der Waals surface area (Å²) in [5.41, 5.74) is 10.3. The molecule has 5 rings (SSSR count). The minimum Gasteiger partial charge on any atom is -0.382 e. The molecule has 0 saturated heterocycles. The Balaban J connectivity index is 1.76. The van der Waals surface area contributed by atoms with Crippen LogP contribution >= 0.6 is 0 Å². The third-order valence-electron chi connectivity index (χ3n) is 6.53. The second-order valence-electron chi connectivity index (χ2n) is 9.30. The van der Waals surface area contributed by atoms with Gasteiger partial charge in [0.1, 0.15) is 0 Å². The van der Waals surface area contributed by atoms with Gasteiger partial charge in [0, 0.05) is 23.7 Å². The second-order valence-corrected chi connectivity index (χ2v) is 9.30. The molecule has 3 heteroatoms. The van der Waals surface area contributed by atoms with Gasteiger partial charge in [0.25, 0.3) is 0 Å². The quantitative estimate of drug-likeness (QED) is 0.507. The molecule has 0 fully saturated rings. The van der Waals surface area contributed by atoms with E-state index in [1.165, 1.54) is 33.3 Å². The van der Waals surface area contributed by atoms with Crippen molar-refractivity contribution in [3.63, 3.8) is 0 Å². The summed E-state index contributed by atoms with van der Waals surface area (Å²) in [7, 11) is 0. The first kappa shape index (κ1) is 20.6. The number of hydrogen-bond acceptors (Lipinski definition) is 2. The maximum atomic E-state index is 4.61. The Labute approximate surface area is 192 Å². The predicted molar refractivity (Wildman–Crippen MR) is 137 cm³/mol. The lowest BCUT2D eigenvalue weighted by Crippen LogP contribution is -2.58. The molecule has 158 valence electrons. The van der Waals surface area contributed by atoms with Crippen LogP contribution in [-0.2, 0) is 0 Å². The average molecular weight is 416 g/mol. The van der Waals surface area contributed by atoms with Gasteiger partial charge in [-0.15, -0.1) is 0 Å². The summed E-state index contributed by atoms with van der Waals surface area (Å²) in [5, 5.41) is 0. The van der Waals surface area contributed by atoms with Crippen molar-refractivity contribution in [1.29, 1.82) is 0 Å². The Bertz CT molecular complexity index is 1210. The van der Waals surface area contributed by atoms with Crippen molar-refractivity contribution >= 4 is 29.4 Å². The fourth-order valence-electron chi connectivity index (χ4n) is 4.98. The largest absolute Gasteiger partial charge is 0.382 e. The maximum Gasteiger partial charge on any atom is 0.328 e. The first-order chi connectivity index (χ1) is 15.5. The highest BCUT2D eigenvalue weighted by molar-refractivity contribution is 6.85. The highest BCUT2D eigenvalue weighted by Crippen LogP contribution is 2.31. The molecular weight excluding hydrogens is 387 g/mol. The van der Waals surface area contributed by atoms with Crippen LogP contribution in [0.3, 0.4) is 0 Å². The summed E-state index contributed by atoms with van der Waals surface area (Å²) < 4.78 is 0. The van der Waals surface area contributed by atoms with E-state index in [1.54, 1.807) is 0 Å². The lowest BCUT2D eigenvalue weighted by atomic mass is 9.44. The molecular formula is C29H29BN2. The van der Waals surface area contributed by atoms with Gasteiger partial charge in [-0.3, -0.25) is 4.98 Å². The summed E-state index contributed by atoms with van der Waals surface area (Å²) in [6.45, 7) is 9.35. The highest BCUT2D eigenvalue weighted by Gasteiger charge is 2.37. The van der Waals surface area contributed by atoms with Gasteiger partial charge in [0.2, 0.25) is 0 Å². The molecule has 0 saturated carbocycles. The van der Waals surface area contributed by atoms with Crippen LogP contribution in [-0.4, -0.2) is 16.6 Å². The third kappa shape index (κ3) is 3.52. The standard InChI is InChI=1S/C29H29BN2/c1-20(2)25-11-9-12-26(21(3)4)29(25)30-27-13-6-5-10-22(27)18-24-16-15-23(19-32(24)30)28-14-7-8-17-31-28/h5-21H,1-4H3. The van der Waals surface area contributed by atoms with Crippen LogP contribution in [0.4, 0.5) is 0 Å². The Morgan fingerprint density at radius 1 is 0.781 bits per heavy atom. The van der Waals surface area contributed by atoms with E-state index >= 15 is 0 Å². The minimum atomic E-state index is 0.130. The number of nitrogens with zero attached hydrogens (tertiary/aromatic N) is 2. The Hall–Kier alpha value is -3.33. The van der Waals surface area contributed by atoms with Gasteiger partial charge < -0.3 is 4.81 Å². The minimum absolute atomic E-state index is 0.130. The number of benzene rings is 2. The van der Waals surface area contributed by atoms with E-state index in [1.807, 2.05) is 12.3 Å². The van der Waals surface area contributed by atoms with Gasteiger partial charge in [-0.2, -0.15) is 0 Å². The fraction of sp³-hybridized carbons (Fsp3) is 0.207. The smallest absolute Gasteiger partial charge is 0.328 e. The molecule has 0 spiro atoms. The molecule has 0 bridgehead atoms. The van der Waals surface area contributed by atoms with E-state index in [9.17, 15) is 0 Å². The van der Waals surface area contributed by atoms with Crippen molar-refractivity contribution < 1.29 is 0 Å². The zero-order valence-corrected chi connectivity index (χ0v) is 19.3. The van der Waals surface area contributed by atoms with Gasteiger partial charge >= 0.3 is 6.85 Å². The SMILES string of the molecule is CC(C)c1cccc(C(C)C)c1B1c2ccccc2C=C2C=CC(c3ccccn3)=CN12. The molecule has 0 aliphatic carbocycles. The van der Waals surface area contributed by atoms with Crippen LogP contribution in [0.25, 0.3) is 11.6 Å². The van der Waals surface area contributed by atoms with Crippen molar-refractivity contribution in [2.24, 2.45) is 0 Å². The van der Waals surface area contributed by atoms with Crippen LogP contribution in [0, 0.1) is 0 Å². The fourth-order valence-corrected chi connectivity index (χ4v) is 4.98. The van der Waals surface area contributed by atoms with Gasteiger partial charge in [0.15, 0.2) is 0 Å². The van der Waals surface area contributed by atoms with Crippen molar-refractivity contribution in [3.05, 3.63) is 113 Å². The van der Waals surface area contributed by atoms with E-state index in [-0.39, 0.29) is 6.85 Å². The topological polar surface area (TPSA) is 16.1 Å². The summed E-state index contributed by atoms with van der Waals surface area (Å²) >= 11 is 0. The Kier molecular flexibility index (Phi) is 5.34. The van der Waals surface area contributed by atoms with Crippen LogP contribution in [0.15, 0.2) is 90.9 Å². The molecule has 0 amide bonds. The lowest BCUT2D eigenvalue weighted by Gasteiger charge is -2.39. The number of hydrogen-bond donors (Lipinski definition) is 0. The first-order valence-electron chi connectivity index (χ1n) is 11.6. The average Bonchev–Trinajstić information content (AvgIpc) is 2.82. The molecule has 0 unspecified atom stereocenters. The molecule has 32 heavy (non-hydrogen) atoms. The number of fused-ring (bicyclic) bond motifs is 2. The zero-order chi connectivity index (χ0) is 22.2.